The van der Waals surface area contributed by atoms with Crippen LogP contribution in [0.2, 0.25) is 0 Å². The lowest BCUT2D eigenvalue weighted by atomic mass is 9.90. The van der Waals surface area contributed by atoms with E-state index in [1.54, 1.807) is 0 Å². The van der Waals surface area contributed by atoms with Crippen LogP contribution in [0, 0.1) is 0 Å². The van der Waals surface area contributed by atoms with Crippen LogP contribution in [-0.2, 0) is 0 Å². The average Bonchev–Trinajstić information content (AvgIpc) is 1.65. The van der Waals surface area contributed by atoms with Gasteiger partial charge in [0.15, 0.2) is 17.5 Å². The molecule has 0 saturated heterocycles. The van der Waals surface area contributed by atoms with Crippen molar-refractivity contribution in [3.63, 3.8) is 0 Å². The number of hydrogen-bond donors (Lipinski definition) is 0. The monoisotopic (exact) mass is 1110 g/mol. The maximum Gasteiger partial charge on any atom is 0.164 e. The predicted octanol–water partition coefficient (Wildman–Crippen LogP) is 21.8. The molecule has 17 aromatic rings. The zero-order valence-corrected chi connectivity index (χ0v) is 47.0. The van der Waals surface area contributed by atoms with Crippen molar-refractivity contribution in [2.75, 3.05) is 0 Å². The Morgan fingerprint density at radius 2 is 0.529 bits per heavy atom. The van der Waals surface area contributed by atoms with Gasteiger partial charge in [0.2, 0.25) is 0 Å². The van der Waals surface area contributed by atoms with Crippen molar-refractivity contribution in [1.29, 1.82) is 0 Å². The van der Waals surface area contributed by atoms with Gasteiger partial charge in [0.05, 0.1) is 16.7 Å². The van der Waals surface area contributed by atoms with Crippen LogP contribution in [0.3, 0.4) is 0 Å². The zero-order valence-electron chi connectivity index (χ0n) is 47.0. The van der Waals surface area contributed by atoms with Crippen LogP contribution in [0.15, 0.2) is 312 Å². The summed E-state index contributed by atoms with van der Waals surface area (Å²) in [7, 11) is 0. The molecule has 0 radical (unpaired) electrons. The summed E-state index contributed by atoms with van der Waals surface area (Å²) in [6.07, 6.45) is 0. The minimum Gasteiger partial charge on any atom is -0.456 e. The fourth-order valence-corrected chi connectivity index (χ4v) is 13.1. The highest BCUT2D eigenvalue weighted by Gasteiger charge is 2.29. The van der Waals surface area contributed by atoms with Crippen molar-refractivity contribution in [2.45, 2.75) is 0 Å². The van der Waals surface area contributed by atoms with Crippen LogP contribution in [0.25, 0.3) is 172 Å². The summed E-state index contributed by atoms with van der Waals surface area (Å²) in [6, 6.07) is 108. The van der Waals surface area contributed by atoms with Gasteiger partial charge in [-0.25, -0.2) is 15.0 Å². The molecule has 0 aliphatic rings. The lowest BCUT2D eigenvalue weighted by Crippen LogP contribution is -2.05. The average molecular weight is 1110 g/mol. The molecule has 17 rings (SSSR count). The standard InChI is InChI=1S/C81H50N4O2/c1-7-23-51(24-8-1)60-43-45-66-67-46-44-61(52-25-9-2-10-26-52)75(56-33-17-6-18-34-56)78(67)85(77(66)74(60)55-31-15-5-16-32-55)76-68(53-27-11-3-12-28-53)47-59(48-69(76)54-29-13-4-14-30-54)81-83-79(57-39-41-64-62-35-19-21-37-70(62)86-72(64)49-57)82-80(84-81)58-40-42-65-63-36-20-22-38-71(63)87-73(65)50-58/h1-50H. The Labute approximate surface area is 501 Å². The fraction of sp³-hybridized carbons (Fsp3) is 0. The van der Waals surface area contributed by atoms with Crippen molar-refractivity contribution in [3.8, 4) is 107 Å². The van der Waals surface area contributed by atoms with Crippen LogP contribution >= 0.6 is 0 Å². The maximum atomic E-state index is 6.51. The van der Waals surface area contributed by atoms with Crippen LogP contribution in [-0.4, -0.2) is 19.5 Å². The molecule has 0 N–H and O–H groups in total. The van der Waals surface area contributed by atoms with Gasteiger partial charge in [0, 0.05) is 71.3 Å². The number of aromatic nitrogens is 4. The molecule has 0 spiro atoms. The molecule has 87 heavy (non-hydrogen) atoms. The van der Waals surface area contributed by atoms with Crippen molar-refractivity contribution >= 4 is 65.7 Å². The van der Waals surface area contributed by atoms with E-state index in [1.165, 1.54) is 0 Å². The van der Waals surface area contributed by atoms with Crippen molar-refractivity contribution in [2.24, 2.45) is 0 Å². The van der Waals surface area contributed by atoms with Crippen molar-refractivity contribution in [3.05, 3.63) is 303 Å². The van der Waals surface area contributed by atoms with Crippen LogP contribution in [0.5, 0.6) is 0 Å². The first-order chi connectivity index (χ1) is 43.1. The Morgan fingerprint density at radius 3 is 0.920 bits per heavy atom. The lowest BCUT2D eigenvalue weighted by molar-refractivity contribution is 0.668. The number of para-hydroxylation sites is 2. The van der Waals surface area contributed by atoms with Gasteiger partial charge in [-0.1, -0.05) is 255 Å². The summed E-state index contributed by atoms with van der Waals surface area (Å²) in [4.78, 5) is 16.4. The Bertz CT molecular complexity index is 5150. The summed E-state index contributed by atoms with van der Waals surface area (Å²) in [6.45, 7) is 0. The summed E-state index contributed by atoms with van der Waals surface area (Å²) in [5, 5.41) is 6.43. The van der Waals surface area contributed by atoms with Crippen LogP contribution in [0.1, 0.15) is 0 Å². The summed E-state index contributed by atoms with van der Waals surface area (Å²) in [5.74, 6) is 1.54. The van der Waals surface area contributed by atoms with Gasteiger partial charge in [-0.15, -0.1) is 0 Å². The van der Waals surface area contributed by atoms with E-state index in [1.807, 2.05) is 36.4 Å². The number of nitrogens with zero attached hydrogens (tertiary/aromatic N) is 4. The zero-order chi connectivity index (χ0) is 57.4. The largest absolute Gasteiger partial charge is 0.456 e. The predicted molar refractivity (Wildman–Crippen MR) is 358 cm³/mol. The van der Waals surface area contributed by atoms with E-state index in [-0.39, 0.29) is 0 Å². The van der Waals surface area contributed by atoms with Crippen LogP contribution in [0.4, 0.5) is 0 Å². The number of furan rings is 2. The van der Waals surface area contributed by atoms with Gasteiger partial charge < -0.3 is 13.4 Å². The number of benzene rings is 13. The molecule has 13 aromatic carbocycles. The second-order valence-corrected chi connectivity index (χ2v) is 22.1. The Kier molecular flexibility index (Phi) is 11.8. The third-order valence-corrected chi connectivity index (χ3v) is 17.1. The molecule has 4 heterocycles. The molecule has 406 valence electrons. The third kappa shape index (κ3) is 8.45. The van der Waals surface area contributed by atoms with Crippen molar-refractivity contribution in [1.82, 2.24) is 19.5 Å². The molecule has 6 heteroatoms. The van der Waals surface area contributed by atoms with Gasteiger partial charge in [0.1, 0.15) is 22.3 Å². The summed E-state index contributed by atoms with van der Waals surface area (Å²) < 4.78 is 15.6. The van der Waals surface area contributed by atoms with Crippen molar-refractivity contribution < 1.29 is 8.83 Å². The normalized spacial score (nSPS) is 11.7. The fourth-order valence-electron chi connectivity index (χ4n) is 13.1. The molecule has 0 atom stereocenters. The van der Waals surface area contributed by atoms with E-state index in [2.05, 4.69) is 271 Å². The Hall–Kier alpha value is -11.7. The van der Waals surface area contributed by atoms with E-state index in [4.69, 9.17) is 23.8 Å². The third-order valence-electron chi connectivity index (χ3n) is 17.1. The quantitative estimate of drug-likeness (QED) is 0.136. The topological polar surface area (TPSA) is 69.9 Å². The highest BCUT2D eigenvalue weighted by Crippen LogP contribution is 2.52. The molecular formula is C81H50N4O2. The van der Waals surface area contributed by atoms with Gasteiger partial charge in [-0.05, 0) is 93.0 Å². The van der Waals surface area contributed by atoms with E-state index in [0.717, 1.165) is 155 Å². The Balaban J connectivity index is 1.02. The Morgan fingerprint density at radius 1 is 0.218 bits per heavy atom. The molecule has 6 nitrogen and oxygen atoms in total. The van der Waals surface area contributed by atoms with E-state index in [9.17, 15) is 0 Å². The lowest BCUT2D eigenvalue weighted by Gasteiger charge is -2.24. The van der Waals surface area contributed by atoms with Gasteiger partial charge >= 0.3 is 0 Å². The number of hydrogen-bond acceptors (Lipinski definition) is 5. The molecule has 0 saturated carbocycles. The number of fused-ring (bicyclic) bond motifs is 9. The molecular weight excluding hydrogens is 1060 g/mol. The molecule has 0 aliphatic carbocycles. The summed E-state index contributed by atoms with van der Waals surface area (Å²) in [5.41, 5.74) is 21.8. The SMILES string of the molecule is c1ccc(-c2cc(-c3nc(-c4ccc5c(c4)oc4ccccc45)nc(-c4ccc5c(c4)oc4ccccc45)n3)cc(-c3ccccc3)c2-n2c3c(-c4ccccc4)c(-c4ccccc4)ccc3c3ccc(-c4ccccc4)c(-c4ccccc4)c32)cc1. The van der Waals surface area contributed by atoms with Crippen LogP contribution < -0.4 is 0 Å². The van der Waals surface area contributed by atoms with E-state index < -0.39 is 0 Å². The summed E-state index contributed by atoms with van der Waals surface area (Å²) >= 11 is 0. The molecule has 0 unspecified atom stereocenters. The highest BCUT2D eigenvalue weighted by atomic mass is 16.3. The molecule has 0 bridgehead atoms. The van der Waals surface area contributed by atoms with Gasteiger partial charge in [0.25, 0.3) is 0 Å². The second-order valence-electron chi connectivity index (χ2n) is 22.1. The first kappa shape index (κ1) is 49.8. The number of rotatable bonds is 10. The first-order valence-corrected chi connectivity index (χ1v) is 29.4. The first-order valence-electron chi connectivity index (χ1n) is 29.4. The second kappa shape index (κ2) is 20.6. The smallest absolute Gasteiger partial charge is 0.164 e. The molecule has 0 aliphatic heterocycles. The molecule has 4 aromatic heterocycles. The molecule has 0 fully saturated rings. The van der Waals surface area contributed by atoms with E-state index in [0.29, 0.717) is 17.5 Å². The highest BCUT2D eigenvalue weighted by molar-refractivity contribution is 6.22. The van der Waals surface area contributed by atoms with E-state index >= 15 is 0 Å². The van der Waals surface area contributed by atoms with Gasteiger partial charge in [-0.3, -0.25) is 0 Å². The van der Waals surface area contributed by atoms with Gasteiger partial charge in [-0.2, -0.15) is 0 Å². The minimum atomic E-state index is 0.512. The maximum absolute atomic E-state index is 6.51. The molecule has 0 amide bonds. The minimum absolute atomic E-state index is 0.512.